The van der Waals surface area contributed by atoms with Crippen LogP contribution in [0.25, 0.3) is 0 Å². The molecular weight excluding hydrogens is 572 g/mol. The van der Waals surface area contributed by atoms with Crippen LogP contribution in [-0.4, -0.2) is 30.4 Å². The van der Waals surface area contributed by atoms with Gasteiger partial charge in [-0.15, -0.1) is 28.7 Å². The Morgan fingerprint density at radius 2 is 1.59 bits per heavy atom. The Labute approximate surface area is 250 Å². The molecule has 2 aromatic rings. The van der Waals surface area contributed by atoms with Crippen LogP contribution in [0.3, 0.4) is 0 Å². The fourth-order valence-electron chi connectivity index (χ4n) is 4.69. The lowest BCUT2D eigenvalue weighted by atomic mass is 10.1. The van der Waals surface area contributed by atoms with Gasteiger partial charge in [-0.05, 0) is 41.7 Å². The number of rotatable bonds is 19. The van der Waals surface area contributed by atoms with Crippen LogP contribution in [0.15, 0.2) is 54.1 Å². The summed E-state index contributed by atoms with van der Waals surface area (Å²) in [5, 5.41) is 5.14. The van der Waals surface area contributed by atoms with E-state index in [4.69, 9.17) is 9.47 Å². The molecule has 0 fully saturated rings. The highest BCUT2D eigenvalue weighted by Crippen LogP contribution is 2.35. The third-order valence-corrected chi connectivity index (χ3v) is 7.67. The lowest BCUT2D eigenvalue weighted by molar-refractivity contribution is 0.102. The minimum atomic E-state index is -0.151. The highest BCUT2D eigenvalue weighted by atomic mass is 79.9. The second-order valence-electron chi connectivity index (χ2n) is 10.1. The molecule has 3 rings (SSSR count). The van der Waals surface area contributed by atoms with E-state index in [1.807, 2.05) is 36.4 Å². The van der Waals surface area contributed by atoms with Crippen molar-refractivity contribution in [1.82, 2.24) is 4.90 Å². The van der Waals surface area contributed by atoms with Crippen LogP contribution < -0.4 is 14.8 Å². The number of thioether (sulfide) groups is 1. The summed E-state index contributed by atoms with van der Waals surface area (Å²) in [5.41, 5.74) is 2.38. The molecule has 39 heavy (non-hydrogen) atoms. The van der Waals surface area contributed by atoms with E-state index in [1.165, 1.54) is 64.2 Å². The number of anilines is 1. The maximum Gasteiger partial charge on any atom is 0.255 e. The molecule has 2 aromatic carbocycles. The van der Waals surface area contributed by atoms with Gasteiger partial charge in [-0.2, -0.15) is 0 Å². The summed E-state index contributed by atoms with van der Waals surface area (Å²) >= 11 is 1.78. The fourth-order valence-corrected chi connectivity index (χ4v) is 5.40. The van der Waals surface area contributed by atoms with Gasteiger partial charge >= 0.3 is 0 Å². The molecule has 1 N–H and O–H groups in total. The predicted octanol–water partition coefficient (Wildman–Crippen LogP) is 9.58. The number of unbranched alkanes of at least 4 members (excludes halogenated alkanes) is 11. The minimum Gasteiger partial charge on any atom is -0.493 e. The summed E-state index contributed by atoms with van der Waals surface area (Å²) in [4.78, 5) is 15.3. The van der Waals surface area contributed by atoms with E-state index in [0.717, 1.165) is 30.8 Å². The van der Waals surface area contributed by atoms with Gasteiger partial charge < -0.3 is 19.7 Å². The van der Waals surface area contributed by atoms with Crippen LogP contribution in [0.1, 0.15) is 99.9 Å². The quantitative estimate of drug-likeness (QED) is 0.159. The van der Waals surface area contributed by atoms with E-state index in [2.05, 4.69) is 34.8 Å². The molecule has 1 amide bonds. The molecule has 1 aliphatic heterocycles. The van der Waals surface area contributed by atoms with E-state index in [9.17, 15) is 4.79 Å². The molecule has 7 heteroatoms. The first-order valence-electron chi connectivity index (χ1n) is 14.4. The number of hydrogen-bond acceptors (Lipinski definition) is 5. The second-order valence-corrected chi connectivity index (χ2v) is 10.9. The Hall–Kier alpha value is -2.12. The zero-order chi connectivity index (χ0) is 26.8. The lowest BCUT2D eigenvalue weighted by Gasteiger charge is -2.17. The standard InChI is InChI=1S/C32H46N2O3S.BrH/c1-3-4-5-6-7-8-9-10-11-12-13-14-22-37-31-29(19-16-20-30(31)36-2)33-32(35)28-18-15-17-27(24-28)25-34-21-23-38-26-34;/h15-21,23-24H,3-14,22,25-26H2,1-2H3,(H,33,35);1H. The second kappa shape index (κ2) is 19.9. The van der Waals surface area contributed by atoms with Gasteiger partial charge in [-0.3, -0.25) is 4.79 Å². The Morgan fingerprint density at radius 3 is 2.23 bits per heavy atom. The fraction of sp³-hybridized carbons (Fsp3) is 0.531. The topological polar surface area (TPSA) is 50.8 Å². The van der Waals surface area contributed by atoms with E-state index < -0.39 is 0 Å². The molecular formula is C32H47BrN2O3S. The Kier molecular flexibility index (Phi) is 16.9. The molecule has 0 aliphatic carbocycles. The number of halogens is 1. The van der Waals surface area contributed by atoms with Crippen molar-refractivity contribution in [3.63, 3.8) is 0 Å². The molecule has 0 atom stereocenters. The molecule has 0 unspecified atom stereocenters. The number of benzene rings is 2. The van der Waals surface area contributed by atoms with E-state index in [1.54, 1.807) is 18.9 Å². The number of carbonyl (C=O) groups is 1. The molecule has 1 aliphatic rings. The summed E-state index contributed by atoms with van der Waals surface area (Å²) in [6.07, 6.45) is 17.8. The molecule has 5 nitrogen and oxygen atoms in total. The van der Waals surface area contributed by atoms with Gasteiger partial charge in [0.25, 0.3) is 5.91 Å². The molecule has 0 radical (unpaired) electrons. The van der Waals surface area contributed by atoms with E-state index in [0.29, 0.717) is 29.4 Å². The van der Waals surface area contributed by atoms with Gasteiger partial charge in [0.1, 0.15) is 0 Å². The summed E-state index contributed by atoms with van der Waals surface area (Å²) in [5.74, 6) is 2.03. The number of hydrogen-bond donors (Lipinski definition) is 1. The Bertz CT molecular complexity index is 1000. The van der Waals surface area contributed by atoms with Crippen LogP contribution in [0.5, 0.6) is 11.5 Å². The number of ether oxygens (including phenoxy) is 2. The predicted molar refractivity (Wildman–Crippen MR) is 171 cm³/mol. The smallest absolute Gasteiger partial charge is 0.255 e. The van der Waals surface area contributed by atoms with Crippen molar-refractivity contribution in [2.75, 3.05) is 24.9 Å². The lowest BCUT2D eigenvalue weighted by Crippen LogP contribution is -2.15. The maximum absolute atomic E-state index is 13.1. The van der Waals surface area contributed by atoms with Crippen LogP contribution in [-0.2, 0) is 6.54 Å². The van der Waals surface area contributed by atoms with Crippen molar-refractivity contribution in [2.24, 2.45) is 0 Å². The van der Waals surface area contributed by atoms with Gasteiger partial charge in [-0.1, -0.05) is 95.8 Å². The van der Waals surface area contributed by atoms with Crippen molar-refractivity contribution in [3.8, 4) is 11.5 Å². The molecule has 0 bridgehead atoms. The first-order valence-corrected chi connectivity index (χ1v) is 15.5. The van der Waals surface area contributed by atoms with Crippen LogP contribution in [0.2, 0.25) is 0 Å². The van der Waals surface area contributed by atoms with Crippen molar-refractivity contribution >= 4 is 40.3 Å². The average molecular weight is 620 g/mol. The Balaban J connectivity index is 0.00000533. The first-order chi connectivity index (χ1) is 18.7. The van der Waals surface area contributed by atoms with Crippen molar-refractivity contribution in [3.05, 3.63) is 65.2 Å². The summed E-state index contributed by atoms with van der Waals surface area (Å²) < 4.78 is 11.7. The third-order valence-electron chi connectivity index (χ3n) is 6.87. The minimum absolute atomic E-state index is 0. The van der Waals surface area contributed by atoms with Crippen molar-refractivity contribution < 1.29 is 14.3 Å². The monoisotopic (exact) mass is 618 g/mol. The average Bonchev–Trinajstić information content (AvgIpc) is 3.45. The van der Waals surface area contributed by atoms with E-state index >= 15 is 0 Å². The zero-order valence-electron chi connectivity index (χ0n) is 23.8. The summed E-state index contributed by atoms with van der Waals surface area (Å²) in [7, 11) is 1.63. The normalized spacial score (nSPS) is 12.3. The first kappa shape index (κ1) is 33.1. The number of carbonyl (C=O) groups excluding carboxylic acids is 1. The van der Waals surface area contributed by atoms with Gasteiger partial charge in [0, 0.05) is 18.3 Å². The van der Waals surface area contributed by atoms with Gasteiger partial charge in [-0.25, -0.2) is 0 Å². The van der Waals surface area contributed by atoms with Gasteiger partial charge in [0.2, 0.25) is 0 Å². The van der Waals surface area contributed by atoms with Crippen LogP contribution >= 0.6 is 28.7 Å². The summed E-state index contributed by atoms with van der Waals surface area (Å²) in [6, 6.07) is 13.4. The Morgan fingerprint density at radius 1 is 0.923 bits per heavy atom. The number of amides is 1. The largest absolute Gasteiger partial charge is 0.493 e. The number of nitrogens with one attached hydrogen (secondary N) is 1. The van der Waals surface area contributed by atoms with Gasteiger partial charge in [0.15, 0.2) is 11.5 Å². The summed E-state index contributed by atoms with van der Waals surface area (Å²) in [6.45, 7) is 3.67. The molecule has 0 aromatic heterocycles. The van der Waals surface area contributed by atoms with Gasteiger partial charge in [0.05, 0.1) is 25.3 Å². The molecule has 216 valence electrons. The van der Waals surface area contributed by atoms with Crippen molar-refractivity contribution in [1.29, 1.82) is 0 Å². The number of nitrogens with zero attached hydrogens (tertiary/aromatic N) is 1. The van der Waals surface area contributed by atoms with Crippen LogP contribution in [0.4, 0.5) is 5.69 Å². The third kappa shape index (κ3) is 12.3. The molecule has 0 spiro atoms. The molecule has 0 saturated carbocycles. The maximum atomic E-state index is 13.1. The number of para-hydroxylation sites is 1. The highest BCUT2D eigenvalue weighted by Gasteiger charge is 2.15. The highest BCUT2D eigenvalue weighted by molar-refractivity contribution is 8.93. The van der Waals surface area contributed by atoms with Crippen molar-refractivity contribution in [2.45, 2.75) is 90.5 Å². The van der Waals surface area contributed by atoms with E-state index in [-0.39, 0.29) is 22.9 Å². The SMILES string of the molecule is Br.CCCCCCCCCCCCCCOc1c(NC(=O)c2cccc(CN3C=CSC3)c2)cccc1OC. The number of methoxy groups -OCH3 is 1. The van der Waals surface area contributed by atoms with Crippen LogP contribution in [0, 0.1) is 0 Å². The zero-order valence-corrected chi connectivity index (χ0v) is 26.3. The molecule has 0 saturated heterocycles. The molecule has 1 heterocycles.